The maximum Gasteiger partial charge on any atom is 0.0738 e. The Balaban J connectivity index is 3.43. The zero-order valence-electron chi connectivity index (χ0n) is 19.6. The number of hydrogen-bond donors (Lipinski definition) is 3. The van der Waals surface area contributed by atoms with Crippen molar-refractivity contribution in [1.82, 2.24) is 0 Å². The van der Waals surface area contributed by atoms with Gasteiger partial charge >= 0.3 is 0 Å². The van der Waals surface area contributed by atoms with Gasteiger partial charge in [-0.15, -0.1) is 0 Å². The van der Waals surface area contributed by atoms with Gasteiger partial charge in [0, 0.05) is 19.8 Å². The third-order valence-electron chi connectivity index (χ3n) is 6.14. The quantitative estimate of drug-likeness (QED) is 0.166. The van der Waals surface area contributed by atoms with Crippen LogP contribution in [0.5, 0.6) is 0 Å². The van der Waals surface area contributed by atoms with Crippen molar-refractivity contribution in [2.24, 2.45) is 5.73 Å². The highest BCUT2D eigenvalue weighted by atomic mass is 16.5. The summed E-state index contributed by atoms with van der Waals surface area (Å²) in [6, 6.07) is 0. The molecule has 0 rings (SSSR count). The van der Waals surface area contributed by atoms with Gasteiger partial charge in [-0.1, -0.05) is 103 Å². The van der Waals surface area contributed by atoms with Crippen LogP contribution in [0.3, 0.4) is 0 Å². The van der Waals surface area contributed by atoms with Crippen LogP contribution in [0, 0.1) is 0 Å². The van der Waals surface area contributed by atoms with Crippen LogP contribution >= 0.6 is 0 Å². The molecule has 29 heavy (non-hydrogen) atoms. The third-order valence-corrected chi connectivity index (χ3v) is 6.14. The normalized spacial score (nSPS) is 12.0. The molecule has 0 fully saturated rings. The van der Waals surface area contributed by atoms with Crippen molar-refractivity contribution in [3.63, 3.8) is 0 Å². The molecule has 0 aromatic rings. The number of aliphatic hydroxyl groups excluding tert-OH is 2. The van der Waals surface area contributed by atoms with Crippen LogP contribution in [0.1, 0.15) is 129 Å². The molecule has 0 spiro atoms. The van der Waals surface area contributed by atoms with E-state index in [1.807, 2.05) is 0 Å². The summed E-state index contributed by atoms with van der Waals surface area (Å²) in [6.07, 6.45) is 23.6. The van der Waals surface area contributed by atoms with E-state index in [9.17, 15) is 10.2 Å². The van der Waals surface area contributed by atoms with Crippen molar-refractivity contribution in [2.45, 2.75) is 135 Å². The van der Waals surface area contributed by atoms with Crippen LogP contribution in [0.15, 0.2) is 0 Å². The first kappa shape index (κ1) is 28.8. The molecular formula is C25H53NO3. The second-order valence-corrected chi connectivity index (χ2v) is 8.82. The summed E-state index contributed by atoms with van der Waals surface area (Å²) >= 11 is 0. The molecule has 0 atom stereocenters. The molecule has 4 nitrogen and oxygen atoms in total. The van der Waals surface area contributed by atoms with Gasteiger partial charge in [0.2, 0.25) is 0 Å². The summed E-state index contributed by atoms with van der Waals surface area (Å²) < 4.78 is 6.07. The Bertz CT molecular complexity index is 295. The fourth-order valence-electron chi connectivity index (χ4n) is 4.20. The second kappa shape index (κ2) is 22.5. The minimum Gasteiger partial charge on any atom is -0.396 e. The molecule has 0 radical (unpaired) electrons. The Kier molecular flexibility index (Phi) is 22.4. The van der Waals surface area contributed by atoms with E-state index in [1.54, 1.807) is 0 Å². The molecule has 0 unspecified atom stereocenters. The van der Waals surface area contributed by atoms with E-state index < -0.39 is 5.60 Å². The van der Waals surface area contributed by atoms with Crippen molar-refractivity contribution < 1.29 is 14.9 Å². The number of hydrogen-bond acceptors (Lipinski definition) is 4. The van der Waals surface area contributed by atoms with Gasteiger partial charge in [-0.2, -0.15) is 0 Å². The summed E-state index contributed by atoms with van der Waals surface area (Å²) in [5, 5.41) is 18.6. The van der Waals surface area contributed by atoms with Crippen LogP contribution in [-0.4, -0.2) is 42.2 Å². The smallest absolute Gasteiger partial charge is 0.0738 e. The van der Waals surface area contributed by atoms with E-state index in [2.05, 4.69) is 6.92 Å². The first-order valence-electron chi connectivity index (χ1n) is 12.8. The molecule has 0 amide bonds. The van der Waals surface area contributed by atoms with Gasteiger partial charge in [-0.25, -0.2) is 0 Å². The Labute approximate surface area is 182 Å². The lowest BCUT2D eigenvalue weighted by Crippen LogP contribution is -2.37. The highest BCUT2D eigenvalue weighted by molar-refractivity contribution is 4.81. The van der Waals surface area contributed by atoms with E-state index in [0.29, 0.717) is 32.4 Å². The molecule has 4 heteroatoms. The summed E-state index contributed by atoms with van der Waals surface area (Å²) in [5.41, 5.74) is 5.26. The first-order chi connectivity index (χ1) is 14.2. The molecule has 0 aliphatic heterocycles. The van der Waals surface area contributed by atoms with Gasteiger partial charge < -0.3 is 20.7 Å². The molecule has 0 saturated carbocycles. The fourth-order valence-corrected chi connectivity index (χ4v) is 4.20. The molecule has 0 aromatic carbocycles. The Morgan fingerprint density at radius 2 is 0.966 bits per heavy atom. The monoisotopic (exact) mass is 415 g/mol. The Hall–Kier alpha value is -0.160. The van der Waals surface area contributed by atoms with Gasteiger partial charge in [0.1, 0.15) is 0 Å². The SMILES string of the molecule is CCCCCCCCCCCCCCCCCCOC(CCN)(CCO)CCO. The predicted octanol–water partition coefficient (Wildman–Crippen LogP) is 6.12. The maximum atomic E-state index is 9.30. The Morgan fingerprint density at radius 1 is 0.586 bits per heavy atom. The van der Waals surface area contributed by atoms with Crippen LogP contribution in [-0.2, 0) is 4.74 Å². The highest BCUT2D eigenvalue weighted by Gasteiger charge is 2.29. The first-order valence-corrected chi connectivity index (χ1v) is 12.8. The van der Waals surface area contributed by atoms with Gasteiger partial charge in [-0.05, 0) is 32.2 Å². The molecule has 0 aromatic heterocycles. The summed E-state index contributed by atoms with van der Waals surface area (Å²) in [4.78, 5) is 0. The molecule has 4 N–H and O–H groups in total. The molecule has 0 saturated heterocycles. The average Bonchev–Trinajstić information content (AvgIpc) is 2.71. The number of aliphatic hydroxyl groups is 2. The van der Waals surface area contributed by atoms with Gasteiger partial charge in [0.15, 0.2) is 0 Å². The largest absolute Gasteiger partial charge is 0.396 e. The van der Waals surface area contributed by atoms with Crippen molar-refractivity contribution in [2.75, 3.05) is 26.4 Å². The zero-order valence-corrected chi connectivity index (χ0v) is 19.6. The summed E-state index contributed by atoms with van der Waals surface area (Å²) in [6.45, 7) is 3.68. The summed E-state index contributed by atoms with van der Waals surface area (Å²) in [5.74, 6) is 0. The van der Waals surface area contributed by atoms with Crippen LogP contribution in [0.4, 0.5) is 0 Å². The van der Waals surface area contributed by atoms with Crippen molar-refractivity contribution in [1.29, 1.82) is 0 Å². The van der Waals surface area contributed by atoms with Gasteiger partial charge in [0.25, 0.3) is 0 Å². The lowest BCUT2D eigenvalue weighted by molar-refractivity contribution is -0.0781. The van der Waals surface area contributed by atoms with Crippen molar-refractivity contribution >= 4 is 0 Å². The Morgan fingerprint density at radius 3 is 1.31 bits per heavy atom. The second-order valence-electron chi connectivity index (χ2n) is 8.82. The standard InChI is InChI=1S/C25H53NO3/c1-2-3-4-5-6-7-8-9-10-11-12-13-14-15-16-17-24-29-25(18-21-26,19-22-27)20-23-28/h27-28H,2-24,26H2,1H3. The number of unbranched alkanes of at least 4 members (excludes halogenated alkanes) is 15. The molecule has 0 bridgehead atoms. The fraction of sp³-hybridized carbons (Fsp3) is 1.00. The predicted molar refractivity (Wildman–Crippen MR) is 125 cm³/mol. The molecule has 0 heterocycles. The van der Waals surface area contributed by atoms with Crippen molar-refractivity contribution in [3.8, 4) is 0 Å². The van der Waals surface area contributed by atoms with Gasteiger partial charge in [-0.3, -0.25) is 0 Å². The third kappa shape index (κ3) is 18.3. The summed E-state index contributed by atoms with van der Waals surface area (Å²) in [7, 11) is 0. The minimum atomic E-state index is -0.437. The lowest BCUT2D eigenvalue weighted by atomic mass is 9.92. The molecular weight excluding hydrogens is 362 g/mol. The molecule has 0 aliphatic carbocycles. The van der Waals surface area contributed by atoms with Crippen LogP contribution in [0.2, 0.25) is 0 Å². The van der Waals surface area contributed by atoms with Gasteiger partial charge in [0.05, 0.1) is 5.60 Å². The van der Waals surface area contributed by atoms with Crippen LogP contribution < -0.4 is 5.73 Å². The molecule has 0 aliphatic rings. The highest BCUT2D eigenvalue weighted by Crippen LogP contribution is 2.25. The lowest BCUT2D eigenvalue weighted by Gasteiger charge is -2.33. The molecule has 176 valence electrons. The van der Waals surface area contributed by atoms with Crippen LogP contribution in [0.25, 0.3) is 0 Å². The average molecular weight is 416 g/mol. The van der Waals surface area contributed by atoms with E-state index in [4.69, 9.17) is 10.5 Å². The number of rotatable bonds is 24. The van der Waals surface area contributed by atoms with E-state index in [1.165, 1.54) is 96.3 Å². The minimum absolute atomic E-state index is 0.0823. The maximum absolute atomic E-state index is 9.30. The van der Waals surface area contributed by atoms with Crippen molar-refractivity contribution in [3.05, 3.63) is 0 Å². The van der Waals surface area contributed by atoms with E-state index in [-0.39, 0.29) is 13.2 Å². The topological polar surface area (TPSA) is 75.7 Å². The number of ether oxygens (including phenoxy) is 1. The van der Waals surface area contributed by atoms with E-state index >= 15 is 0 Å². The number of nitrogens with two attached hydrogens (primary N) is 1. The zero-order chi connectivity index (χ0) is 21.5. The van der Waals surface area contributed by atoms with E-state index in [0.717, 1.165) is 6.42 Å².